The number of carbonyl (C=O) groups excluding carboxylic acids is 1. The van der Waals surface area contributed by atoms with Crippen molar-refractivity contribution in [2.75, 3.05) is 19.6 Å². The van der Waals surface area contributed by atoms with Crippen LogP contribution in [-0.4, -0.2) is 49.3 Å². The summed E-state index contributed by atoms with van der Waals surface area (Å²) in [5, 5.41) is 4.63. The third-order valence-corrected chi connectivity index (χ3v) is 7.95. The first kappa shape index (κ1) is 22.5. The lowest BCUT2D eigenvalue weighted by Gasteiger charge is -2.31. The largest absolute Gasteiger partial charge is 0.354 e. The number of nitrogens with one attached hydrogen (secondary N) is 1. The minimum Gasteiger partial charge on any atom is -0.354 e. The number of sulfonamides is 1. The van der Waals surface area contributed by atoms with Gasteiger partial charge in [-0.3, -0.25) is 14.8 Å². The van der Waals surface area contributed by atoms with Gasteiger partial charge in [-0.2, -0.15) is 4.31 Å². The summed E-state index contributed by atoms with van der Waals surface area (Å²) in [4.78, 5) is 20.8. The minimum atomic E-state index is -3.64. The van der Waals surface area contributed by atoms with Crippen molar-refractivity contribution in [3.63, 3.8) is 0 Å². The fraction of sp³-hybridized carbons (Fsp3) is 0.435. The van der Waals surface area contributed by atoms with Gasteiger partial charge in [0.05, 0.1) is 10.3 Å². The molecule has 7 nitrogen and oxygen atoms in total. The lowest BCUT2D eigenvalue weighted by Crippen LogP contribution is -2.38. The van der Waals surface area contributed by atoms with Gasteiger partial charge in [0.2, 0.25) is 15.9 Å². The molecule has 1 fully saturated rings. The molecule has 4 rings (SSSR count). The molecule has 0 bridgehead atoms. The van der Waals surface area contributed by atoms with E-state index in [1.165, 1.54) is 22.5 Å². The predicted octanol–water partition coefficient (Wildman–Crippen LogP) is 1.39. The molecule has 32 heavy (non-hydrogen) atoms. The van der Waals surface area contributed by atoms with Gasteiger partial charge in [-0.1, -0.05) is 18.9 Å². The molecule has 170 valence electrons. The zero-order valence-corrected chi connectivity index (χ0v) is 18.6. The average molecular weight is 459 g/mol. The summed E-state index contributed by atoms with van der Waals surface area (Å²) in [6.07, 6.45) is 9.63. The molecule has 2 aliphatic heterocycles. The van der Waals surface area contributed by atoms with Crippen LogP contribution in [0.1, 0.15) is 32.1 Å². The molecule has 2 aliphatic rings. The van der Waals surface area contributed by atoms with Crippen molar-refractivity contribution in [3.8, 4) is 0 Å². The summed E-state index contributed by atoms with van der Waals surface area (Å²) < 4.78 is 40.3. The number of piperidine rings is 1. The Balaban J connectivity index is 1.15. The molecule has 1 N–H and O–H groups in total. The summed E-state index contributed by atoms with van der Waals surface area (Å²) in [7, 11) is -3.64. The molecular weight excluding hydrogens is 431 g/mol. The maximum Gasteiger partial charge on any atom is 0.248 e. The second-order valence-electron chi connectivity index (χ2n) is 8.27. The van der Waals surface area contributed by atoms with Crippen molar-refractivity contribution in [1.82, 2.24) is 14.6 Å². The highest BCUT2D eigenvalue weighted by molar-refractivity contribution is 7.89. The highest BCUT2D eigenvalue weighted by Crippen LogP contribution is 2.27. The normalized spacial score (nSPS) is 19.1. The standard InChI is InChI=1S/C23H27FN4O3S/c24-19-5-3-6-20(15-19)32(30,31)28-12-8-17(9-13-28)4-1-2-10-26-23(29)22-14-18-16-25-11-7-21(18)27-22/h3,5-7,11,14-17,22H,1-2,4,8-10,12-13H2,(H,26,29). The number of unbranched alkanes of at least 4 members (excludes halogenated alkanes) is 1. The van der Waals surface area contributed by atoms with E-state index in [-0.39, 0.29) is 10.8 Å². The van der Waals surface area contributed by atoms with Crippen molar-refractivity contribution < 1.29 is 17.6 Å². The lowest BCUT2D eigenvalue weighted by molar-refractivity contribution is -0.121. The zero-order valence-electron chi connectivity index (χ0n) is 17.8. The van der Waals surface area contributed by atoms with Crippen LogP contribution in [0.2, 0.25) is 0 Å². The van der Waals surface area contributed by atoms with Crippen LogP contribution in [0.25, 0.3) is 6.08 Å². The Bertz CT molecular complexity index is 1160. The molecule has 1 aromatic carbocycles. The van der Waals surface area contributed by atoms with Crippen LogP contribution >= 0.6 is 0 Å². The highest BCUT2D eigenvalue weighted by atomic mass is 32.2. The van der Waals surface area contributed by atoms with E-state index in [0.717, 1.165) is 48.7 Å². The molecule has 3 heterocycles. The van der Waals surface area contributed by atoms with Gasteiger partial charge in [-0.05, 0) is 55.5 Å². The molecule has 1 aromatic heterocycles. The SMILES string of the molecule is O=C(NCCCCC1CCN(S(=O)(=O)c2cccc(F)c2)CC1)C1C=c2cnccc2=N1. The van der Waals surface area contributed by atoms with Crippen LogP contribution in [-0.2, 0) is 14.8 Å². The topological polar surface area (TPSA) is 91.7 Å². The number of hydrogen-bond donors (Lipinski definition) is 1. The lowest BCUT2D eigenvalue weighted by atomic mass is 9.92. The quantitative estimate of drug-likeness (QED) is 0.605. The Morgan fingerprint density at radius 1 is 1.19 bits per heavy atom. The molecular formula is C23H27FN4O3S. The third-order valence-electron chi connectivity index (χ3n) is 6.06. The highest BCUT2D eigenvalue weighted by Gasteiger charge is 2.29. The summed E-state index contributed by atoms with van der Waals surface area (Å²) in [5.74, 6) is -0.184. The van der Waals surface area contributed by atoms with Crippen LogP contribution in [0, 0.1) is 11.7 Å². The smallest absolute Gasteiger partial charge is 0.248 e. The number of fused-ring (bicyclic) bond motifs is 1. The van der Waals surface area contributed by atoms with Gasteiger partial charge in [0, 0.05) is 37.2 Å². The second kappa shape index (κ2) is 9.87. The molecule has 0 radical (unpaired) electrons. The van der Waals surface area contributed by atoms with E-state index in [2.05, 4.69) is 15.3 Å². The Morgan fingerprint density at radius 2 is 2.00 bits per heavy atom. The fourth-order valence-electron chi connectivity index (χ4n) is 4.23. The number of pyridine rings is 1. The van der Waals surface area contributed by atoms with E-state index in [0.29, 0.717) is 25.6 Å². The van der Waals surface area contributed by atoms with Gasteiger partial charge in [0.25, 0.3) is 0 Å². The van der Waals surface area contributed by atoms with Gasteiger partial charge in [-0.15, -0.1) is 0 Å². The van der Waals surface area contributed by atoms with E-state index in [1.54, 1.807) is 18.5 Å². The Hall–Kier alpha value is -2.65. The number of nitrogens with zero attached hydrogens (tertiary/aromatic N) is 3. The molecule has 0 aliphatic carbocycles. The van der Waals surface area contributed by atoms with E-state index in [4.69, 9.17) is 0 Å². The third kappa shape index (κ3) is 5.21. The maximum atomic E-state index is 13.4. The van der Waals surface area contributed by atoms with Crippen LogP contribution < -0.4 is 15.9 Å². The monoisotopic (exact) mass is 458 g/mol. The van der Waals surface area contributed by atoms with Gasteiger partial charge in [0.1, 0.15) is 11.9 Å². The fourth-order valence-corrected chi connectivity index (χ4v) is 5.73. The molecule has 0 spiro atoms. The summed E-state index contributed by atoms with van der Waals surface area (Å²) in [6, 6.07) is 6.48. The molecule has 2 aromatic rings. The van der Waals surface area contributed by atoms with Crippen molar-refractivity contribution in [2.24, 2.45) is 10.9 Å². The molecule has 1 amide bonds. The number of amides is 1. The maximum absolute atomic E-state index is 13.4. The molecule has 9 heteroatoms. The van der Waals surface area contributed by atoms with E-state index in [1.807, 2.05) is 6.08 Å². The van der Waals surface area contributed by atoms with Crippen molar-refractivity contribution in [1.29, 1.82) is 0 Å². The van der Waals surface area contributed by atoms with Crippen LogP contribution in [0.3, 0.4) is 0 Å². The van der Waals surface area contributed by atoms with Crippen molar-refractivity contribution in [3.05, 3.63) is 59.1 Å². The zero-order chi connectivity index (χ0) is 22.6. The van der Waals surface area contributed by atoms with Gasteiger partial charge in [0.15, 0.2) is 0 Å². The summed E-state index contributed by atoms with van der Waals surface area (Å²) >= 11 is 0. The number of hydrogen-bond acceptors (Lipinski definition) is 5. The van der Waals surface area contributed by atoms with Crippen LogP contribution in [0.5, 0.6) is 0 Å². The van der Waals surface area contributed by atoms with Crippen molar-refractivity contribution in [2.45, 2.75) is 43.0 Å². The summed E-state index contributed by atoms with van der Waals surface area (Å²) in [6.45, 7) is 1.50. The first-order chi connectivity index (χ1) is 15.4. The van der Waals surface area contributed by atoms with E-state index < -0.39 is 21.9 Å². The number of halogens is 1. The average Bonchev–Trinajstić information content (AvgIpc) is 3.23. The Labute approximate surface area is 187 Å². The Kier molecular flexibility index (Phi) is 6.95. The Morgan fingerprint density at radius 3 is 2.75 bits per heavy atom. The van der Waals surface area contributed by atoms with Gasteiger partial charge >= 0.3 is 0 Å². The van der Waals surface area contributed by atoms with Crippen molar-refractivity contribution >= 4 is 22.0 Å². The number of benzene rings is 1. The van der Waals surface area contributed by atoms with Gasteiger partial charge < -0.3 is 5.32 Å². The van der Waals surface area contributed by atoms with Gasteiger partial charge in [-0.25, -0.2) is 12.8 Å². The molecule has 1 unspecified atom stereocenters. The first-order valence-electron chi connectivity index (χ1n) is 11.0. The minimum absolute atomic E-state index is 0.0114. The molecule has 0 saturated carbocycles. The molecule has 1 atom stereocenters. The van der Waals surface area contributed by atoms with Crippen LogP contribution in [0.15, 0.2) is 52.6 Å². The second-order valence-corrected chi connectivity index (χ2v) is 10.2. The van der Waals surface area contributed by atoms with Crippen LogP contribution in [0.4, 0.5) is 4.39 Å². The first-order valence-corrected chi connectivity index (χ1v) is 12.4. The number of rotatable bonds is 8. The van der Waals surface area contributed by atoms with E-state index in [9.17, 15) is 17.6 Å². The number of aromatic nitrogens is 1. The molecule has 1 saturated heterocycles. The summed E-state index contributed by atoms with van der Waals surface area (Å²) in [5.41, 5.74) is 0. The van der Waals surface area contributed by atoms with E-state index >= 15 is 0 Å². The number of carbonyl (C=O) groups is 1. The predicted molar refractivity (Wildman–Crippen MR) is 118 cm³/mol.